The fourth-order valence-electron chi connectivity index (χ4n) is 5.82. The van der Waals surface area contributed by atoms with Crippen molar-refractivity contribution in [3.63, 3.8) is 0 Å². The van der Waals surface area contributed by atoms with E-state index in [-0.39, 0.29) is 11.3 Å². The van der Waals surface area contributed by atoms with Gasteiger partial charge < -0.3 is 4.57 Å². The van der Waals surface area contributed by atoms with E-state index in [0.29, 0.717) is 12.0 Å². The van der Waals surface area contributed by atoms with Crippen LogP contribution < -0.4 is 0 Å². The van der Waals surface area contributed by atoms with Crippen LogP contribution in [0.1, 0.15) is 42.9 Å². The van der Waals surface area contributed by atoms with E-state index in [1.165, 1.54) is 17.1 Å². The van der Waals surface area contributed by atoms with Gasteiger partial charge >= 0.3 is 0 Å². The first-order valence-corrected chi connectivity index (χ1v) is 10.5. The molecular formula is C23H21F2N5O. The van der Waals surface area contributed by atoms with E-state index in [2.05, 4.69) is 19.6 Å². The Kier molecular flexibility index (Phi) is 3.71. The van der Waals surface area contributed by atoms with Gasteiger partial charge in [-0.15, -0.1) is 0 Å². The van der Waals surface area contributed by atoms with Crippen LogP contribution in [0, 0.1) is 29.4 Å². The summed E-state index contributed by atoms with van der Waals surface area (Å²) >= 11 is 0. The van der Waals surface area contributed by atoms with E-state index in [1.807, 2.05) is 25.5 Å². The molecule has 2 bridgehead atoms. The molecule has 1 aromatic carbocycles. The van der Waals surface area contributed by atoms with E-state index in [1.54, 1.807) is 6.21 Å². The molecule has 4 aliphatic rings. The van der Waals surface area contributed by atoms with Gasteiger partial charge in [-0.1, -0.05) is 0 Å². The zero-order chi connectivity index (χ0) is 21.4. The average Bonchev–Trinajstić information content (AvgIpc) is 3.29. The number of halogens is 2. The van der Waals surface area contributed by atoms with E-state index < -0.39 is 23.1 Å². The SMILES string of the molecule is Cc1cnc2c(c1)ncn2CC12CC(C(=O)N3N=CCC3c3cc(F)cc(F)c3)(C1)C2. The van der Waals surface area contributed by atoms with E-state index in [9.17, 15) is 13.6 Å². The van der Waals surface area contributed by atoms with Crippen LogP contribution >= 0.6 is 0 Å². The van der Waals surface area contributed by atoms with E-state index in [4.69, 9.17) is 0 Å². The van der Waals surface area contributed by atoms with Gasteiger partial charge in [-0.05, 0) is 60.9 Å². The molecule has 3 saturated carbocycles. The molecule has 0 saturated heterocycles. The molecule has 158 valence electrons. The molecule has 0 spiro atoms. The van der Waals surface area contributed by atoms with Gasteiger partial charge in [-0.25, -0.2) is 23.8 Å². The van der Waals surface area contributed by atoms with Crippen LogP contribution in [0.25, 0.3) is 11.2 Å². The Morgan fingerprint density at radius 3 is 2.61 bits per heavy atom. The summed E-state index contributed by atoms with van der Waals surface area (Å²) < 4.78 is 29.5. The first kappa shape index (κ1) is 18.6. The largest absolute Gasteiger partial charge is 0.315 e. The van der Waals surface area contributed by atoms with Crippen molar-refractivity contribution in [3.05, 3.63) is 59.6 Å². The molecule has 31 heavy (non-hydrogen) atoms. The number of pyridine rings is 1. The molecule has 1 unspecified atom stereocenters. The molecule has 8 heteroatoms. The quantitative estimate of drug-likeness (QED) is 0.636. The van der Waals surface area contributed by atoms with Gasteiger partial charge in [0.2, 0.25) is 5.91 Å². The second-order valence-corrected chi connectivity index (χ2v) is 9.44. The number of nitrogens with zero attached hydrogens (tertiary/aromatic N) is 5. The number of carbonyl (C=O) groups is 1. The van der Waals surface area contributed by atoms with Gasteiger partial charge in [0.25, 0.3) is 0 Å². The lowest BCUT2D eigenvalue weighted by Gasteiger charge is -2.69. The number of amides is 1. The minimum absolute atomic E-state index is 0.0398. The third kappa shape index (κ3) is 2.73. The lowest BCUT2D eigenvalue weighted by atomic mass is 9.34. The van der Waals surface area contributed by atoms with Crippen molar-refractivity contribution in [1.82, 2.24) is 19.5 Å². The third-order valence-corrected chi connectivity index (χ3v) is 7.00. The summed E-state index contributed by atoms with van der Waals surface area (Å²) in [7, 11) is 0. The number of imidazole rings is 1. The predicted octanol–water partition coefficient (Wildman–Crippen LogP) is 4.15. The van der Waals surface area contributed by atoms with E-state index >= 15 is 0 Å². The number of fused-ring (bicyclic) bond motifs is 1. The molecule has 7 rings (SSSR count). The highest BCUT2D eigenvalue weighted by Gasteiger charge is 2.72. The van der Waals surface area contributed by atoms with Gasteiger partial charge in [-0.3, -0.25) is 4.79 Å². The zero-order valence-electron chi connectivity index (χ0n) is 17.1. The maximum absolute atomic E-state index is 13.7. The minimum Gasteiger partial charge on any atom is -0.315 e. The maximum Gasteiger partial charge on any atom is 0.249 e. The smallest absolute Gasteiger partial charge is 0.249 e. The monoisotopic (exact) mass is 421 g/mol. The van der Waals surface area contributed by atoms with Crippen molar-refractivity contribution in [3.8, 4) is 0 Å². The first-order chi connectivity index (χ1) is 14.9. The minimum atomic E-state index is -0.643. The summed E-state index contributed by atoms with van der Waals surface area (Å²) in [6, 6.07) is 4.97. The summed E-state index contributed by atoms with van der Waals surface area (Å²) in [4.78, 5) is 22.3. The van der Waals surface area contributed by atoms with Gasteiger partial charge in [-0.2, -0.15) is 5.10 Å². The number of aryl methyl sites for hydroxylation is 1. The van der Waals surface area contributed by atoms with Gasteiger partial charge in [0.1, 0.15) is 17.2 Å². The Morgan fingerprint density at radius 1 is 1.13 bits per heavy atom. The maximum atomic E-state index is 13.7. The van der Waals surface area contributed by atoms with Crippen molar-refractivity contribution in [2.45, 2.75) is 45.2 Å². The fraction of sp³-hybridized carbons (Fsp3) is 0.391. The van der Waals surface area contributed by atoms with Crippen LogP contribution in [0.15, 0.2) is 41.9 Å². The molecule has 2 aromatic heterocycles. The first-order valence-electron chi connectivity index (χ1n) is 10.5. The average molecular weight is 421 g/mol. The third-order valence-electron chi connectivity index (χ3n) is 7.00. The predicted molar refractivity (Wildman–Crippen MR) is 110 cm³/mol. The Bertz CT molecular complexity index is 1230. The van der Waals surface area contributed by atoms with Crippen molar-refractivity contribution >= 4 is 23.3 Å². The van der Waals surface area contributed by atoms with Crippen LogP contribution in [0.5, 0.6) is 0 Å². The van der Waals surface area contributed by atoms with Crippen molar-refractivity contribution < 1.29 is 13.6 Å². The van der Waals surface area contributed by atoms with E-state index in [0.717, 1.165) is 48.6 Å². The number of aromatic nitrogens is 3. The molecule has 3 fully saturated rings. The Labute approximate surface area is 177 Å². The zero-order valence-corrected chi connectivity index (χ0v) is 17.1. The molecule has 1 amide bonds. The number of hydrogen-bond acceptors (Lipinski definition) is 4. The second kappa shape index (κ2) is 6.18. The summed E-state index contributed by atoms with van der Waals surface area (Å²) in [6.45, 7) is 2.78. The number of hydrogen-bond donors (Lipinski definition) is 0. The van der Waals surface area contributed by atoms with Crippen LogP contribution in [-0.2, 0) is 11.3 Å². The summed E-state index contributed by atoms with van der Waals surface area (Å²) in [5.74, 6) is -1.33. The molecule has 0 radical (unpaired) electrons. The Balaban J connectivity index is 1.18. The summed E-state index contributed by atoms with van der Waals surface area (Å²) in [5, 5.41) is 5.70. The molecular weight excluding hydrogens is 400 g/mol. The number of carbonyl (C=O) groups excluding carboxylic acids is 1. The van der Waals surface area contributed by atoms with Crippen molar-refractivity contribution in [1.29, 1.82) is 0 Å². The highest BCUT2D eigenvalue weighted by Crippen LogP contribution is 2.74. The van der Waals surface area contributed by atoms with Crippen molar-refractivity contribution in [2.75, 3.05) is 0 Å². The van der Waals surface area contributed by atoms with Gasteiger partial charge in [0.15, 0.2) is 5.65 Å². The molecule has 6 nitrogen and oxygen atoms in total. The van der Waals surface area contributed by atoms with Crippen LogP contribution in [-0.4, -0.2) is 31.7 Å². The molecule has 3 aliphatic carbocycles. The number of benzene rings is 1. The fourth-order valence-corrected chi connectivity index (χ4v) is 5.82. The Hall–Kier alpha value is -3.16. The van der Waals surface area contributed by atoms with Gasteiger partial charge in [0.05, 0.1) is 17.8 Å². The van der Waals surface area contributed by atoms with Crippen molar-refractivity contribution in [2.24, 2.45) is 15.9 Å². The number of hydrazone groups is 1. The topological polar surface area (TPSA) is 63.4 Å². The molecule has 1 aliphatic heterocycles. The van der Waals surface area contributed by atoms with Crippen LogP contribution in [0.2, 0.25) is 0 Å². The highest BCUT2D eigenvalue weighted by molar-refractivity contribution is 5.88. The standard InChI is InChI=1S/C23H21F2N5O/c1-14-4-18-20(26-8-14)29(13-27-18)12-22-9-23(10-22,11-22)21(31)30-19(2-3-28-30)15-5-16(24)7-17(25)6-15/h3-8,13,19H,2,9-12H2,1H3. The van der Waals surface area contributed by atoms with Gasteiger partial charge in [0, 0.05) is 31.4 Å². The second-order valence-electron chi connectivity index (χ2n) is 9.44. The molecule has 3 aromatic rings. The van der Waals surface area contributed by atoms with Crippen LogP contribution in [0.4, 0.5) is 8.78 Å². The highest BCUT2D eigenvalue weighted by atomic mass is 19.1. The Morgan fingerprint density at radius 2 is 1.87 bits per heavy atom. The lowest BCUT2D eigenvalue weighted by Crippen LogP contribution is -2.68. The molecule has 1 atom stereocenters. The molecule has 0 N–H and O–H groups in total. The molecule has 3 heterocycles. The number of rotatable bonds is 4. The normalized spacial score (nSPS) is 28.6. The lowest BCUT2D eigenvalue weighted by molar-refractivity contribution is -0.222. The van der Waals surface area contributed by atoms with Crippen LogP contribution in [0.3, 0.4) is 0 Å². The summed E-state index contributed by atoms with van der Waals surface area (Å²) in [6.07, 6.45) is 8.15. The summed E-state index contributed by atoms with van der Waals surface area (Å²) in [5.41, 5.74) is 2.94.